The average Bonchev–Trinajstić information content (AvgIpc) is 3.11. The van der Waals surface area contributed by atoms with Crippen LogP contribution in [-0.4, -0.2) is 16.0 Å². The van der Waals surface area contributed by atoms with Gasteiger partial charge in [0.1, 0.15) is 0 Å². The van der Waals surface area contributed by atoms with Crippen LogP contribution in [0.5, 0.6) is 0 Å². The fraction of sp³-hybridized carbons (Fsp3) is 0.200. The molecule has 7 nitrogen and oxygen atoms in total. The first-order valence-electron chi connectivity index (χ1n) is 6.84. The van der Waals surface area contributed by atoms with Crippen molar-refractivity contribution in [2.75, 3.05) is 5.32 Å². The molecule has 1 aliphatic rings. The van der Waals surface area contributed by atoms with E-state index in [0.717, 1.165) is 30.5 Å². The topological polar surface area (TPSA) is 98.3 Å². The van der Waals surface area contributed by atoms with E-state index in [4.69, 9.17) is 4.52 Å². The van der Waals surface area contributed by atoms with Gasteiger partial charge in [-0.3, -0.25) is 20.2 Å². The number of nitrogens with one attached hydrogen (secondary N) is 1. The number of nitro benzene ring substituents is 1. The minimum absolute atomic E-state index is 0.0128. The van der Waals surface area contributed by atoms with Gasteiger partial charge in [0.2, 0.25) is 5.88 Å². The molecule has 3 rings (SSSR count). The zero-order valence-corrected chi connectivity index (χ0v) is 11.6. The van der Waals surface area contributed by atoms with Crippen LogP contribution in [0.4, 0.5) is 11.6 Å². The highest BCUT2D eigenvalue weighted by molar-refractivity contribution is 6.01. The highest BCUT2D eigenvalue weighted by atomic mass is 16.6. The van der Waals surface area contributed by atoms with Gasteiger partial charge >= 0.3 is 0 Å². The maximum atomic E-state index is 11.9. The number of non-ortho nitro benzene ring substituents is 1. The predicted octanol–water partition coefficient (Wildman–Crippen LogP) is 2.72. The number of nitro groups is 1. The van der Waals surface area contributed by atoms with Crippen molar-refractivity contribution in [1.82, 2.24) is 5.16 Å². The van der Waals surface area contributed by atoms with Gasteiger partial charge in [-0.05, 0) is 43.0 Å². The van der Waals surface area contributed by atoms with E-state index in [9.17, 15) is 14.9 Å². The second-order valence-electron chi connectivity index (χ2n) is 4.96. The monoisotopic (exact) mass is 299 g/mol. The van der Waals surface area contributed by atoms with E-state index >= 15 is 0 Å². The molecule has 0 spiro atoms. The van der Waals surface area contributed by atoms with Crippen LogP contribution < -0.4 is 5.32 Å². The molecule has 0 bridgehead atoms. The summed E-state index contributed by atoms with van der Waals surface area (Å²) in [6.07, 6.45) is 5.70. The summed E-state index contributed by atoms with van der Waals surface area (Å²) in [5.41, 5.74) is 2.59. The number of rotatable bonds is 4. The molecule has 7 heteroatoms. The molecule has 1 heterocycles. The minimum atomic E-state index is -0.468. The number of nitrogens with zero attached hydrogens (tertiary/aromatic N) is 2. The molecule has 1 N–H and O–H groups in total. The molecule has 1 aromatic carbocycles. The van der Waals surface area contributed by atoms with Crippen LogP contribution in [0.15, 0.2) is 34.9 Å². The Kier molecular flexibility index (Phi) is 3.69. The van der Waals surface area contributed by atoms with Crippen molar-refractivity contribution in [2.45, 2.75) is 19.3 Å². The Morgan fingerprint density at radius 3 is 2.82 bits per heavy atom. The summed E-state index contributed by atoms with van der Waals surface area (Å²) in [5, 5.41) is 17.1. The number of fused-ring (bicyclic) bond motifs is 1. The molecule has 0 unspecified atom stereocenters. The van der Waals surface area contributed by atoms with E-state index in [1.807, 2.05) is 0 Å². The van der Waals surface area contributed by atoms with Gasteiger partial charge in [-0.2, -0.15) is 0 Å². The lowest BCUT2D eigenvalue weighted by molar-refractivity contribution is -0.384. The fourth-order valence-corrected chi connectivity index (χ4v) is 2.36. The second kappa shape index (κ2) is 5.80. The molecule has 112 valence electrons. The Bertz CT molecular complexity index is 747. The number of hydrogen-bond donors (Lipinski definition) is 1. The lowest BCUT2D eigenvalue weighted by atomic mass is 10.2. The van der Waals surface area contributed by atoms with Gasteiger partial charge in [-0.15, -0.1) is 0 Å². The summed E-state index contributed by atoms with van der Waals surface area (Å²) in [6.45, 7) is 0. The van der Waals surface area contributed by atoms with Gasteiger partial charge in [0.15, 0.2) is 0 Å². The number of benzene rings is 1. The fourth-order valence-electron chi connectivity index (χ4n) is 2.36. The van der Waals surface area contributed by atoms with Crippen LogP contribution in [-0.2, 0) is 17.6 Å². The first kappa shape index (κ1) is 14.0. The van der Waals surface area contributed by atoms with Crippen LogP contribution in [0.3, 0.4) is 0 Å². The Labute approximate surface area is 125 Å². The predicted molar refractivity (Wildman–Crippen MR) is 79.3 cm³/mol. The van der Waals surface area contributed by atoms with Crippen molar-refractivity contribution < 1.29 is 14.2 Å². The van der Waals surface area contributed by atoms with Gasteiger partial charge in [0.25, 0.3) is 11.6 Å². The molecule has 1 aromatic heterocycles. The zero-order chi connectivity index (χ0) is 15.5. The standard InChI is InChI=1S/C15H13N3O4/c19-14(16-15-12-2-1-3-13(12)17-22-15)9-6-10-4-7-11(8-5-10)18(20)21/h4-9H,1-3H2,(H,16,19)/b9-6-. The Morgan fingerprint density at radius 1 is 1.32 bits per heavy atom. The molecule has 0 aliphatic heterocycles. The van der Waals surface area contributed by atoms with Crippen LogP contribution in [0, 0.1) is 10.1 Å². The van der Waals surface area contributed by atoms with Crippen LogP contribution >= 0.6 is 0 Å². The number of anilines is 1. The average molecular weight is 299 g/mol. The number of aryl methyl sites for hydroxylation is 1. The van der Waals surface area contributed by atoms with E-state index in [0.29, 0.717) is 11.4 Å². The van der Waals surface area contributed by atoms with Crippen LogP contribution in [0.2, 0.25) is 0 Å². The SMILES string of the molecule is O=C(/C=C\c1ccc([N+](=O)[O-])cc1)Nc1onc2c1CCC2. The van der Waals surface area contributed by atoms with E-state index in [-0.39, 0.29) is 11.6 Å². The zero-order valence-electron chi connectivity index (χ0n) is 11.6. The first-order chi connectivity index (χ1) is 10.6. The third-order valence-corrected chi connectivity index (χ3v) is 3.48. The summed E-state index contributed by atoms with van der Waals surface area (Å²) in [5.74, 6) is 0.0788. The van der Waals surface area contributed by atoms with Crippen molar-refractivity contribution in [1.29, 1.82) is 0 Å². The van der Waals surface area contributed by atoms with Gasteiger partial charge in [0.05, 0.1) is 10.6 Å². The highest BCUT2D eigenvalue weighted by Gasteiger charge is 2.21. The lowest BCUT2D eigenvalue weighted by Crippen LogP contribution is -2.08. The van der Waals surface area contributed by atoms with Crippen LogP contribution in [0.25, 0.3) is 6.08 Å². The maximum Gasteiger partial charge on any atom is 0.269 e. The molecule has 1 aliphatic carbocycles. The molecule has 1 amide bonds. The van der Waals surface area contributed by atoms with Gasteiger partial charge in [0, 0.05) is 23.8 Å². The summed E-state index contributed by atoms with van der Waals surface area (Å²) in [7, 11) is 0. The quantitative estimate of drug-likeness (QED) is 0.531. The third kappa shape index (κ3) is 2.88. The van der Waals surface area contributed by atoms with Crippen molar-refractivity contribution in [3.8, 4) is 0 Å². The van der Waals surface area contributed by atoms with Crippen molar-refractivity contribution in [3.05, 3.63) is 57.3 Å². The molecular weight excluding hydrogens is 286 g/mol. The molecule has 0 fully saturated rings. The molecule has 0 saturated carbocycles. The normalized spacial score (nSPS) is 13.3. The van der Waals surface area contributed by atoms with E-state index in [1.165, 1.54) is 18.2 Å². The number of hydrogen-bond acceptors (Lipinski definition) is 5. The molecule has 2 aromatic rings. The van der Waals surface area contributed by atoms with Gasteiger partial charge < -0.3 is 4.52 Å². The first-order valence-corrected chi connectivity index (χ1v) is 6.84. The highest BCUT2D eigenvalue weighted by Crippen LogP contribution is 2.28. The Hall–Kier alpha value is -2.96. The van der Waals surface area contributed by atoms with Gasteiger partial charge in [-0.25, -0.2) is 0 Å². The molecule has 0 atom stereocenters. The van der Waals surface area contributed by atoms with Gasteiger partial charge in [-0.1, -0.05) is 5.16 Å². The van der Waals surface area contributed by atoms with Crippen molar-refractivity contribution >= 4 is 23.6 Å². The smallest absolute Gasteiger partial charge is 0.269 e. The lowest BCUT2D eigenvalue weighted by Gasteiger charge is -1.98. The number of carbonyl (C=O) groups excluding carboxylic acids is 1. The second-order valence-corrected chi connectivity index (χ2v) is 4.96. The number of amides is 1. The third-order valence-electron chi connectivity index (χ3n) is 3.48. The van der Waals surface area contributed by atoms with E-state index in [1.54, 1.807) is 18.2 Å². The summed E-state index contributed by atoms with van der Waals surface area (Å²) in [4.78, 5) is 22.0. The molecular formula is C15H13N3O4. The largest absolute Gasteiger partial charge is 0.338 e. The minimum Gasteiger partial charge on any atom is -0.338 e. The molecule has 0 radical (unpaired) electrons. The summed E-state index contributed by atoms with van der Waals surface area (Å²) < 4.78 is 5.11. The molecule has 0 saturated heterocycles. The van der Waals surface area contributed by atoms with Crippen LogP contribution in [0.1, 0.15) is 23.2 Å². The van der Waals surface area contributed by atoms with E-state index < -0.39 is 4.92 Å². The van der Waals surface area contributed by atoms with Crippen molar-refractivity contribution in [3.63, 3.8) is 0 Å². The summed E-state index contributed by atoms with van der Waals surface area (Å²) >= 11 is 0. The Morgan fingerprint density at radius 2 is 2.09 bits per heavy atom. The Balaban J connectivity index is 1.64. The number of carbonyl (C=O) groups is 1. The number of aromatic nitrogens is 1. The molecule has 22 heavy (non-hydrogen) atoms. The van der Waals surface area contributed by atoms with E-state index in [2.05, 4.69) is 10.5 Å². The summed E-state index contributed by atoms with van der Waals surface area (Å²) in [6, 6.07) is 5.93. The maximum absolute atomic E-state index is 11.9. The van der Waals surface area contributed by atoms with Crippen molar-refractivity contribution in [2.24, 2.45) is 0 Å².